The van der Waals surface area contributed by atoms with Gasteiger partial charge in [-0.3, -0.25) is 4.79 Å². The number of methoxy groups -OCH3 is 1. The van der Waals surface area contributed by atoms with Crippen molar-refractivity contribution in [2.24, 2.45) is 5.92 Å². The molecular formula is C17H17Cl2NO2. The molecule has 2 aromatic rings. The first-order valence-electron chi connectivity index (χ1n) is 6.89. The molecule has 0 saturated heterocycles. The Kier molecular flexibility index (Phi) is 5.69. The van der Waals surface area contributed by atoms with Crippen LogP contribution >= 0.6 is 23.2 Å². The minimum Gasteiger partial charge on any atom is -0.497 e. The minimum absolute atomic E-state index is 0.127. The molecule has 3 nitrogen and oxygen atoms in total. The summed E-state index contributed by atoms with van der Waals surface area (Å²) < 4.78 is 5.19. The molecule has 22 heavy (non-hydrogen) atoms. The van der Waals surface area contributed by atoms with Gasteiger partial charge in [-0.2, -0.15) is 0 Å². The van der Waals surface area contributed by atoms with Crippen LogP contribution in [0, 0.1) is 5.92 Å². The van der Waals surface area contributed by atoms with Gasteiger partial charge in [0, 0.05) is 5.92 Å². The van der Waals surface area contributed by atoms with Crippen LogP contribution in [0.2, 0.25) is 10.0 Å². The molecule has 0 aliphatic heterocycles. The Hall–Kier alpha value is -1.71. The van der Waals surface area contributed by atoms with Crippen molar-refractivity contribution in [2.75, 3.05) is 12.4 Å². The predicted molar refractivity (Wildman–Crippen MR) is 91.0 cm³/mol. The summed E-state index contributed by atoms with van der Waals surface area (Å²) in [6, 6.07) is 12.8. The molecule has 0 aliphatic carbocycles. The summed E-state index contributed by atoms with van der Waals surface area (Å²) in [6.45, 7) is 1.86. The third kappa shape index (κ3) is 4.15. The number of carbonyl (C=O) groups excluding carboxylic acids is 1. The van der Waals surface area contributed by atoms with Gasteiger partial charge in [-0.15, -0.1) is 0 Å². The van der Waals surface area contributed by atoms with Gasteiger partial charge in [-0.1, -0.05) is 48.3 Å². The lowest BCUT2D eigenvalue weighted by molar-refractivity contribution is -0.119. The number of amides is 1. The molecule has 1 amide bonds. The molecular weight excluding hydrogens is 321 g/mol. The molecule has 2 rings (SSSR count). The maximum Gasteiger partial charge on any atom is 0.227 e. The van der Waals surface area contributed by atoms with Gasteiger partial charge in [0.25, 0.3) is 0 Å². The number of para-hydroxylation sites is 1. The van der Waals surface area contributed by atoms with Crippen LogP contribution < -0.4 is 10.1 Å². The van der Waals surface area contributed by atoms with Crippen LogP contribution in [-0.2, 0) is 11.2 Å². The normalized spacial score (nSPS) is 11.8. The van der Waals surface area contributed by atoms with Gasteiger partial charge in [0.05, 0.1) is 22.8 Å². The number of anilines is 1. The molecule has 0 bridgehead atoms. The van der Waals surface area contributed by atoms with Gasteiger partial charge in [-0.05, 0) is 36.2 Å². The van der Waals surface area contributed by atoms with E-state index in [1.807, 2.05) is 31.2 Å². The predicted octanol–water partition coefficient (Wildman–Crippen LogP) is 4.82. The van der Waals surface area contributed by atoms with E-state index in [2.05, 4.69) is 5.32 Å². The highest BCUT2D eigenvalue weighted by Crippen LogP contribution is 2.30. The Morgan fingerprint density at radius 3 is 2.45 bits per heavy atom. The Labute approximate surface area is 140 Å². The first kappa shape index (κ1) is 16.7. The average molecular weight is 338 g/mol. The minimum atomic E-state index is -0.223. The number of ether oxygens (including phenoxy) is 1. The molecule has 0 radical (unpaired) electrons. The first-order chi connectivity index (χ1) is 10.5. The first-order valence-corrected chi connectivity index (χ1v) is 7.64. The summed E-state index contributed by atoms with van der Waals surface area (Å²) in [5, 5.41) is 3.64. The third-order valence-electron chi connectivity index (χ3n) is 3.33. The zero-order valence-electron chi connectivity index (χ0n) is 12.4. The molecule has 0 saturated carbocycles. The number of nitrogens with one attached hydrogen (secondary N) is 1. The van der Waals surface area contributed by atoms with Crippen LogP contribution in [0.3, 0.4) is 0 Å². The van der Waals surface area contributed by atoms with Gasteiger partial charge >= 0.3 is 0 Å². The molecule has 2 aromatic carbocycles. The third-order valence-corrected chi connectivity index (χ3v) is 3.96. The van der Waals surface area contributed by atoms with Crippen molar-refractivity contribution in [2.45, 2.75) is 13.3 Å². The second-order valence-corrected chi connectivity index (χ2v) is 5.86. The molecule has 5 heteroatoms. The topological polar surface area (TPSA) is 38.3 Å². The van der Waals surface area contributed by atoms with E-state index in [4.69, 9.17) is 27.9 Å². The molecule has 0 fully saturated rings. The summed E-state index contributed by atoms with van der Waals surface area (Å²) >= 11 is 12.1. The van der Waals surface area contributed by atoms with E-state index >= 15 is 0 Å². The van der Waals surface area contributed by atoms with Crippen molar-refractivity contribution in [3.63, 3.8) is 0 Å². The molecule has 0 spiro atoms. The average Bonchev–Trinajstić information content (AvgIpc) is 2.51. The molecule has 116 valence electrons. The summed E-state index contributed by atoms with van der Waals surface area (Å²) in [6.07, 6.45) is 0.602. The maximum absolute atomic E-state index is 12.3. The summed E-state index contributed by atoms with van der Waals surface area (Å²) in [7, 11) is 1.62. The standard InChI is InChI=1S/C17H17Cl2NO2/c1-11(9-12-5-3-6-13(10-12)22-2)17(21)20-16-14(18)7-4-8-15(16)19/h3-8,10-11H,9H2,1-2H3,(H,20,21). The van der Waals surface area contributed by atoms with Gasteiger partial charge in [0.1, 0.15) is 5.75 Å². The smallest absolute Gasteiger partial charge is 0.227 e. The molecule has 0 aliphatic rings. The monoisotopic (exact) mass is 337 g/mol. The van der Waals surface area contributed by atoms with Crippen LogP contribution in [0.1, 0.15) is 12.5 Å². The van der Waals surface area contributed by atoms with E-state index in [9.17, 15) is 4.79 Å². The van der Waals surface area contributed by atoms with Crippen molar-refractivity contribution in [3.8, 4) is 5.75 Å². The zero-order chi connectivity index (χ0) is 16.1. The molecule has 1 unspecified atom stereocenters. The van der Waals surface area contributed by atoms with E-state index in [0.29, 0.717) is 22.2 Å². The summed E-state index contributed by atoms with van der Waals surface area (Å²) in [5.74, 6) is 0.427. The highest BCUT2D eigenvalue weighted by molar-refractivity contribution is 6.39. The second kappa shape index (κ2) is 7.52. The van der Waals surface area contributed by atoms with E-state index in [-0.39, 0.29) is 11.8 Å². The van der Waals surface area contributed by atoms with Crippen LogP contribution in [0.4, 0.5) is 5.69 Å². The number of rotatable bonds is 5. The maximum atomic E-state index is 12.3. The fourth-order valence-electron chi connectivity index (χ4n) is 2.11. The van der Waals surface area contributed by atoms with Gasteiger partial charge in [0.2, 0.25) is 5.91 Å². The van der Waals surface area contributed by atoms with Crippen molar-refractivity contribution in [1.82, 2.24) is 0 Å². The number of hydrogen-bond donors (Lipinski definition) is 1. The number of halogens is 2. The van der Waals surface area contributed by atoms with E-state index in [1.165, 1.54) is 0 Å². The van der Waals surface area contributed by atoms with Crippen LogP contribution in [-0.4, -0.2) is 13.0 Å². The Bertz CT molecular complexity index is 653. The number of hydrogen-bond acceptors (Lipinski definition) is 2. The van der Waals surface area contributed by atoms with Crippen LogP contribution in [0.15, 0.2) is 42.5 Å². The fraction of sp³-hybridized carbons (Fsp3) is 0.235. The lowest BCUT2D eigenvalue weighted by atomic mass is 10.00. The SMILES string of the molecule is COc1cccc(CC(C)C(=O)Nc2c(Cl)cccc2Cl)c1. The lowest BCUT2D eigenvalue weighted by Crippen LogP contribution is -2.22. The largest absolute Gasteiger partial charge is 0.497 e. The molecule has 0 heterocycles. The van der Waals surface area contributed by atoms with Crippen molar-refractivity contribution < 1.29 is 9.53 Å². The highest BCUT2D eigenvalue weighted by Gasteiger charge is 2.16. The second-order valence-electron chi connectivity index (χ2n) is 5.04. The Morgan fingerprint density at radius 2 is 1.82 bits per heavy atom. The highest BCUT2D eigenvalue weighted by atomic mass is 35.5. The Balaban J connectivity index is 2.06. The number of benzene rings is 2. The number of carbonyl (C=O) groups is 1. The molecule has 1 atom stereocenters. The lowest BCUT2D eigenvalue weighted by Gasteiger charge is -2.14. The van der Waals surface area contributed by atoms with Gasteiger partial charge < -0.3 is 10.1 Å². The quantitative estimate of drug-likeness (QED) is 0.849. The van der Waals surface area contributed by atoms with Crippen molar-refractivity contribution in [1.29, 1.82) is 0 Å². The summed E-state index contributed by atoms with van der Waals surface area (Å²) in [4.78, 5) is 12.3. The zero-order valence-corrected chi connectivity index (χ0v) is 13.9. The van der Waals surface area contributed by atoms with Crippen molar-refractivity contribution in [3.05, 3.63) is 58.1 Å². The van der Waals surface area contributed by atoms with E-state index < -0.39 is 0 Å². The molecule has 0 aromatic heterocycles. The Morgan fingerprint density at radius 1 is 1.18 bits per heavy atom. The van der Waals surface area contributed by atoms with Crippen LogP contribution in [0.25, 0.3) is 0 Å². The van der Waals surface area contributed by atoms with Crippen LogP contribution in [0.5, 0.6) is 5.75 Å². The van der Waals surface area contributed by atoms with Crippen molar-refractivity contribution >= 4 is 34.8 Å². The van der Waals surface area contributed by atoms with E-state index in [1.54, 1.807) is 25.3 Å². The van der Waals surface area contributed by atoms with E-state index in [0.717, 1.165) is 11.3 Å². The van der Waals surface area contributed by atoms with Gasteiger partial charge in [-0.25, -0.2) is 0 Å². The fourth-order valence-corrected chi connectivity index (χ4v) is 2.60. The van der Waals surface area contributed by atoms with Gasteiger partial charge in [0.15, 0.2) is 0 Å². The molecule has 1 N–H and O–H groups in total. The summed E-state index contributed by atoms with van der Waals surface area (Å²) in [5.41, 5.74) is 1.49.